The van der Waals surface area contributed by atoms with Gasteiger partial charge < -0.3 is 0 Å². The molecule has 4 aromatic rings. The van der Waals surface area contributed by atoms with Crippen LogP contribution in [-0.2, 0) is 6.42 Å². The van der Waals surface area contributed by atoms with Crippen molar-refractivity contribution in [2.45, 2.75) is 6.42 Å². The molecule has 0 N–H and O–H groups in total. The van der Waals surface area contributed by atoms with Gasteiger partial charge in [0.25, 0.3) is 0 Å². The van der Waals surface area contributed by atoms with Crippen molar-refractivity contribution in [3.05, 3.63) is 76.9 Å². The van der Waals surface area contributed by atoms with Gasteiger partial charge in [0, 0.05) is 0 Å². The summed E-state index contributed by atoms with van der Waals surface area (Å²) in [4.78, 5) is 4.77. The fourth-order valence-electron chi connectivity index (χ4n) is 2.52. The number of rotatable bonds is 2. The Morgan fingerprint density at radius 1 is 0.800 bits per heavy atom. The second-order valence-corrected chi connectivity index (χ2v) is 7.27. The third kappa shape index (κ3) is 2.18. The summed E-state index contributed by atoms with van der Waals surface area (Å²) < 4.78 is 2.74. The van der Waals surface area contributed by atoms with Gasteiger partial charge in [0.2, 0.25) is 0 Å². The number of fused-ring (bicyclic) bond motifs is 2. The molecule has 0 aliphatic carbocycles. The summed E-state index contributed by atoms with van der Waals surface area (Å²) >= 11 is 0.391. The monoisotopic (exact) mass is 323 g/mol. The molecule has 3 aromatic carbocycles. The number of para-hydroxylation sites is 1. The van der Waals surface area contributed by atoms with Gasteiger partial charge >= 0.3 is 123 Å². The van der Waals surface area contributed by atoms with Gasteiger partial charge in [-0.1, -0.05) is 0 Å². The molecule has 0 fully saturated rings. The summed E-state index contributed by atoms with van der Waals surface area (Å²) in [6, 6.07) is 23.7. The van der Waals surface area contributed by atoms with Gasteiger partial charge in [-0.05, 0) is 0 Å². The molecule has 0 saturated heterocycles. The summed E-state index contributed by atoms with van der Waals surface area (Å²) in [7, 11) is 0. The second-order valence-electron chi connectivity index (χ2n) is 4.93. The van der Waals surface area contributed by atoms with Gasteiger partial charge in [0.05, 0.1) is 0 Å². The molecule has 4 rings (SSSR count). The van der Waals surface area contributed by atoms with Crippen LogP contribution in [-0.4, -0.2) is 19.5 Å². The standard InChI is InChI=1S/C18H13NSe/c1-2-6-15-11-13(9-10-14(15)5-1)12-18-19-16-7-3-4-8-17(16)20-18/h1-11H,12H2. The van der Waals surface area contributed by atoms with E-state index in [9.17, 15) is 0 Å². The van der Waals surface area contributed by atoms with Crippen molar-refractivity contribution < 1.29 is 0 Å². The molecule has 1 nitrogen and oxygen atoms in total. The van der Waals surface area contributed by atoms with Crippen LogP contribution in [0.4, 0.5) is 0 Å². The number of hydrogen-bond donors (Lipinski definition) is 0. The normalized spacial score (nSPS) is 11.2. The molecule has 0 unspecified atom stereocenters. The van der Waals surface area contributed by atoms with Crippen molar-refractivity contribution in [1.29, 1.82) is 0 Å². The van der Waals surface area contributed by atoms with Gasteiger partial charge in [-0.25, -0.2) is 0 Å². The van der Waals surface area contributed by atoms with Crippen molar-refractivity contribution in [3.63, 3.8) is 0 Å². The van der Waals surface area contributed by atoms with Gasteiger partial charge in [-0.3, -0.25) is 0 Å². The Labute approximate surface area is 123 Å². The molecule has 0 atom stereocenters. The molecule has 0 bridgehead atoms. The predicted molar refractivity (Wildman–Crippen MR) is 85.4 cm³/mol. The molecular weight excluding hydrogens is 309 g/mol. The first-order valence-corrected chi connectivity index (χ1v) is 8.42. The summed E-state index contributed by atoms with van der Waals surface area (Å²) in [5.74, 6) is 0. The molecule has 96 valence electrons. The van der Waals surface area contributed by atoms with E-state index < -0.39 is 0 Å². The van der Waals surface area contributed by atoms with Gasteiger partial charge in [-0.15, -0.1) is 0 Å². The first kappa shape index (κ1) is 11.9. The Morgan fingerprint density at radius 3 is 2.50 bits per heavy atom. The van der Waals surface area contributed by atoms with Crippen molar-refractivity contribution in [2.75, 3.05) is 0 Å². The molecule has 20 heavy (non-hydrogen) atoms. The van der Waals surface area contributed by atoms with Gasteiger partial charge in [-0.2, -0.15) is 0 Å². The third-order valence-electron chi connectivity index (χ3n) is 3.51. The zero-order chi connectivity index (χ0) is 13.4. The third-order valence-corrected chi connectivity index (χ3v) is 5.68. The molecule has 1 aromatic heterocycles. The van der Waals surface area contributed by atoms with E-state index in [4.69, 9.17) is 4.98 Å². The SMILES string of the molecule is c1ccc2cc(Cc3nc4ccccc4[se]3)ccc2c1. The summed E-state index contributed by atoms with van der Waals surface area (Å²) in [6.45, 7) is 0. The van der Waals surface area contributed by atoms with E-state index in [0.29, 0.717) is 14.5 Å². The number of aromatic nitrogens is 1. The van der Waals surface area contributed by atoms with Crippen LogP contribution in [0.15, 0.2) is 66.7 Å². The Morgan fingerprint density at radius 2 is 1.60 bits per heavy atom. The van der Waals surface area contributed by atoms with Crippen LogP contribution in [0.1, 0.15) is 10.1 Å². The molecule has 0 aliphatic rings. The van der Waals surface area contributed by atoms with Crippen molar-refractivity contribution in [3.8, 4) is 0 Å². The minimum absolute atomic E-state index is 0.391. The Hall–Kier alpha value is -1.89. The predicted octanol–water partition coefficient (Wildman–Crippen LogP) is 4.04. The molecule has 0 spiro atoms. The Balaban J connectivity index is 1.72. The first-order valence-electron chi connectivity index (χ1n) is 6.71. The maximum absolute atomic E-state index is 4.77. The fraction of sp³-hybridized carbons (Fsp3) is 0.0556. The molecule has 1 heterocycles. The molecule has 0 amide bonds. The van der Waals surface area contributed by atoms with E-state index in [2.05, 4.69) is 66.7 Å². The summed E-state index contributed by atoms with van der Waals surface area (Å²) in [6.07, 6.45) is 0.972. The first-order chi connectivity index (χ1) is 9.88. The zero-order valence-corrected chi connectivity index (χ0v) is 12.6. The molecule has 0 saturated carbocycles. The fourth-order valence-corrected chi connectivity index (χ4v) is 4.62. The molecule has 2 heteroatoms. The van der Waals surface area contributed by atoms with E-state index in [-0.39, 0.29) is 0 Å². The molecular formula is C18H13NSe. The van der Waals surface area contributed by atoms with Crippen LogP contribution in [0.25, 0.3) is 20.5 Å². The van der Waals surface area contributed by atoms with Crippen LogP contribution in [0, 0.1) is 0 Å². The van der Waals surface area contributed by atoms with Crippen LogP contribution >= 0.6 is 0 Å². The van der Waals surface area contributed by atoms with E-state index in [1.807, 2.05) is 0 Å². The second kappa shape index (κ2) is 4.90. The van der Waals surface area contributed by atoms with Crippen molar-refractivity contribution >= 4 is 35.1 Å². The number of nitrogens with zero attached hydrogens (tertiary/aromatic N) is 1. The van der Waals surface area contributed by atoms with E-state index in [1.165, 1.54) is 30.7 Å². The number of hydrogen-bond acceptors (Lipinski definition) is 1. The Bertz CT molecular complexity index is 859. The van der Waals surface area contributed by atoms with E-state index in [0.717, 1.165) is 6.42 Å². The van der Waals surface area contributed by atoms with Gasteiger partial charge in [0.15, 0.2) is 0 Å². The van der Waals surface area contributed by atoms with E-state index in [1.54, 1.807) is 0 Å². The molecule has 0 aliphatic heterocycles. The topological polar surface area (TPSA) is 12.9 Å². The van der Waals surface area contributed by atoms with Crippen molar-refractivity contribution in [2.24, 2.45) is 0 Å². The van der Waals surface area contributed by atoms with Crippen LogP contribution in [0.5, 0.6) is 0 Å². The quantitative estimate of drug-likeness (QED) is 0.508. The summed E-state index contributed by atoms with van der Waals surface area (Å²) in [5, 5.41) is 2.62. The van der Waals surface area contributed by atoms with Crippen LogP contribution < -0.4 is 0 Å². The maximum atomic E-state index is 4.77. The van der Waals surface area contributed by atoms with Gasteiger partial charge in [0.1, 0.15) is 0 Å². The van der Waals surface area contributed by atoms with Crippen LogP contribution in [0.2, 0.25) is 0 Å². The minimum atomic E-state index is 0.391. The van der Waals surface area contributed by atoms with Crippen LogP contribution in [0.3, 0.4) is 0 Å². The molecule has 0 radical (unpaired) electrons. The zero-order valence-electron chi connectivity index (χ0n) is 10.9. The number of benzene rings is 3. The Kier molecular flexibility index (Phi) is 2.91. The average Bonchev–Trinajstić information content (AvgIpc) is 2.89. The summed E-state index contributed by atoms with van der Waals surface area (Å²) in [5.41, 5.74) is 2.53. The average molecular weight is 322 g/mol. The van der Waals surface area contributed by atoms with E-state index >= 15 is 0 Å². The van der Waals surface area contributed by atoms with Crippen molar-refractivity contribution in [1.82, 2.24) is 4.98 Å².